The van der Waals surface area contributed by atoms with E-state index in [1.165, 1.54) is 0 Å². The predicted molar refractivity (Wildman–Crippen MR) is 84.4 cm³/mol. The molecule has 8 heteroatoms. The van der Waals surface area contributed by atoms with Crippen molar-refractivity contribution in [3.8, 4) is 0 Å². The number of aryl methyl sites for hydroxylation is 1. The number of fused-ring (bicyclic) bond motifs is 1. The zero-order chi connectivity index (χ0) is 15.1. The Bertz CT molecular complexity index is 804. The van der Waals surface area contributed by atoms with Gasteiger partial charge in [0.25, 0.3) is 0 Å². The fraction of sp³-hybridized carbons (Fsp3) is 0.357. The van der Waals surface area contributed by atoms with Crippen LogP contribution in [0.1, 0.15) is 12.1 Å². The van der Waals surface area contributed by atoms with Crippen molar-refractivity contribution >= 4 is 23.1 Å². The van der Waals surface area contributed by atoms with Gasteiger partial charge in [0.15, 0.2) is 11.6 Å². The summed E-state index contributed by atoms with van der Waals surface area (Å²) in [5.74, 6) is 2.16. The first-order chi connectivity index (χ1) is 10.7. The molecule has 4 heterocycles. The monoisotopic (exact) mass is 298 g/mol. The lowest BCUT2D eigenvalue weighted by molar-refractivity contribution is 0.747. The van der Waals surface area contributed by atoms with Gasteiger partial charge in [-0.15, -0.1) is 5.10 Å². The van der Waals surface area contributed by atoms with Crippen LogP contribution >= 0.6 is 0 Å². The van der Waals surface area contributed by atoms with Gasteiger partial charge in [-0.1, -0.05) is 0 Å². The van der Waals surface area contributed by atoms with E-state index >= 15 is 0 Å². The molecule has 1 atom stereocenters. The Morgan fingerprint density at radius 3 is 3.09 bits per heavy atom. The summed E-state index contributed by atoms with van der Waals surface area (Å²) in [4.78, 5) is 6.78. The van der Waals surface area contributed by atoms with Gasteiger partial charge in [-0.3, -0.25) is 5.10 Å². The molecule has 0 aromatic carbocycles. The van der Waals surface area contributed by atoms with Crippen molar-refractivity contribution < 1.29 is 0 Å². The van der Waals surface area contributed by atoms with Crippen molar-refractivity contribution in [3.63, 3.8) is 0 Å². The second kappa shape index (κ2) is 4.99. The molecule has 3 aromatic rings. The molecule has 0 radical (unpaired) electrons. The lowest BCUT2D eigenvalue weighted by Gasteiger charge is -2.17. The van der Waals surface area contributed by atoms with Gasteiger partial charge in [-0.2, -0.15) is 10.1 Å². The van der Waals surface area contributed by atoms with Crippen molar-refractivity contribution in [1.29, 1.82) is 0 Å². The van der Waals surface area contributed by atoms with E-state index in [4.69, 9.17) is 5.73 Å². The standard InChI is InChI=1S/C14H18N8/c1-9-7-12(19-18-9)16-13-11-3-2-5-22(11)20-14(17-13)21-6-4-10(15)8-21/h2-3,5,7,10H,4,6,8,15H2,1H3,(H2,16,17,18,19,20)/t10-/m1/s1. The summed E-state index contributed by atoms with van der Waals surface area (Å²) < 4.78 is 1.83. The Kier molecular flexibility index (Phi) is 2.97. The zero-order valence-electron chi connectivity index (χ0n) is 12.3. The highest BCUT2D eigenvalue weighted by molar-refractivity contribution is 5.73. The van der Waals surface area contributed by atoms with E-state index in [-0.39, 0.29) is 6.04 Å². The minimum absolute atomic E-state index is 0.189. The Labute approximate surface area is 127 Å². The smallest absolute Gasteiger partial charge is 0.245 e. The maximum atomic E-state index is 5.99. The highest BCUT2D eigenvalue weighted by Gasteiger charge is 2.22. The van der Waals surface area contributed by atoms with E-state index in [9.17, 15) is 0 Å². The average Bonchev–Trinajstić information content (AvgIpc) is 3.20. The molecule has 1 aliphatic rings. The quantitative estimate of drug-likeness (QED) is 0.668. The lowest BCUT2D eigenvalue weighted by Crippen LogP contribution is -2.28. The van der Waals surface area contributed by atoms with Crippen LogP contribution in [0.15, 0.2) is 24.4 Å². The van der Waals surface area contributed by atoms with Crippen molar-refractivity contribution in [1.82, 2.24) is 24.8 Å². The molecule has 0 bridgehead atoms. The highest BCUT2D eigenvalue weighted by Crippen LogP contribution is 2.23. The summed E-state index contributed by atoms with van der Waals surface area (Å²) in [7, 11) is 0. The molecule has 0 saturated carbocycles. The SMILES string of the molecule is Cc1cc(Nc2nc(N3CC[C@@H](N)C3)nn3cccc23)n[nH]1. The number of hydrogen-bond donors (Lipinski definition) is 3. The Hall–Kier alpha value is -2.61. The van der Waals surface area contributed by atoms with Crippen LogP contribution in [0, 0.1) is 6.92 Å². The highest BCUT2D eigenvalue weighted by atomic mass is 15.4. The van der Waals surface area contributed by atoms with Crippen LogP contribution in [0.2, 0.25) is 0 Å². The van der Waals surface area contributed by atoms with Crippen molar-refractivity contribution in [2.75, 3.05) is 23.3 Å². The molecule has 0 unspecified atom stereocenters. The number of nitrogens with zero attached hydrogens (tertiary/aromatic N) is 5. The first kappa shape index (κ1) is 13.1. The molecule has 8 nitrogen and oxygen atoms in total. The number of aromatic amines is 1. The summed E-state index contributed by atoms with van der Waals surface area (Å²) in [5.41, 5.74) is 7.89. The first-order valence-electron chi connectivity index (χ1n) is 7.34. The van der Waals surface area contributed by atoms with E-state index in [0.29, 0.717) is 5.95 Å². The molecular formula is C14H18N8. The van der Waals surface area contributed by atoms with Gasteiger partial charge in [0.1, 0.15) is 5.52 Å². The molecule has 0 spiro atoms. The lowest BCUT2D eigenvalue weighted by atomic mass is 10.3. The number of aromatic nitrogens is 5. The Morgan fingerprint density at radius 2 is 2.36 bits per heavy atom. The molecule has 3 aromatic heterocycles. The summed E-state index contributed by atoms with van der Waals surface area (Å²) in [6.45, 7) is 3.63. The number of H-pyrrole nitrogens is 1. The van der Waals surface area contributed by atoms with E-state index in [0.717, 1.165) is 42.4 Å². The van der Waals surface area contributed by atoms with E-state index in [1.807, 2.05) is 35.8 Å². The van der Waals surface area contributed by atoms with Crippen LogP contribution in [0.4, 0.5) is 17.6 Å². The van der Waals surface area contributed by atoms with Crippen LogP contribution in [-0.2, 0) is 0 Å². The number of anilines is 3. The fourth-order valence-electron chi connectivity index (χ4n) is 2.72. The zero-order valence-corrected chi connectivity index (χ0v) is 12.3. The van der Waals surface area contributed by atoms with Gasteiger partial charge < -0.3 is 16.0 Å². The number of hydrogen-bond acceptors (Lipinski definition) is 6. The maximum absolute atomic E-state index is 5.99. The second-order valence-electron chi connectivity index (χ2n) is 5.65. The predicted octanol–water partition coefficient (Wildman–Crippen LogP) is 1.04. The maximum Gasteiger partial charge on any atom is 0.245 e. The summed E-state index contributed by atoms with van der Waals surface area (Å²) in [5, 5.41) is 14.9. The number of rotatable bonds is 3. The van der Waals surface area contributed by atoms with Gasteiger partial charge in [-0.25, -0.2) is 4.52 Å². The third-order valence-corrected chi connectivity index (χ3v) is 3.84. The molecule has 0 amide bonds. The van der Waals surface area contributed by atoms with E-state index in [1.54, 1.807) is 0 Å². The van der Waals surface area contributed by atoms with Crippen LogP contribution in [0.25, 0.3) is 5.52 Å². The van der Waals surface area contributed by atoms with Gasteiger partial charge in [0, 0.05) is 37.1 Å². The fourth-order valence-corrected chi connectivity index (χ4v) is 2.72. The third-order valence-electron chi connectivity index (χ3n) is 3.84. The number of nitrogens with one attached hydrogen (secondary N) is 2. The van der Waals surface area contributed by atoms with E-state index < -0.39 is 0 Å². The molecule has 4 N–H and O–H groups in total. The van der Waals surface area contributed by atoms with Gasteiger partial charge >= 0.3 is 0 Å². The number of nitrogens with two attached hydrogens (primary N) is 1. The van der Waals surface area contributed by atoms with Crippen molar-refractivity contribution in [2.45, 2.75) is 19.4 Å². The van der Waals surface area contributed by atoms with E-state index in [2.05, 4.69) is 30.5 Å². The van der Waals surface area contributed by atoms with Crippen molar-refractivity contribution in [2.24, 2.45) is 5.73 Å². The normalized spacial score (nSPS) is 18.3. The molecule has 22 heavy (non-hydrogen) atoms. The van der Waals surface area contributed by atoms with Gasteiger partial charge in [0.2, 0.25) is 5.95 Å². The molecule has 1 fully saturated rings. The molecule has 0 aliphatic carbocycles. The summed E-state index contributed by atoms with van der Waals surface area (Å²) in [6.07, 6.45) is 2.88. The topological polar surface area (TPSA) is 100 Å². The van der Waals surface area contributed by atoms with Crippen LogP contribution in [-0.4, -0.2) is 43.9 Å². The van der Waals surface area contributed by atoms with Gasteiger partial charge in [-0.05, 0) is 25.5 Å². The van der Waals surface area contributed by atoms with Gasteiger partial charge in [0.05, 0.1) is 0 Å². The first-order valence-corrected chi connectivity index (χ1v) is 7.34. The Morgan fingerprint density at radius 1 is 1.45 bits per heavy atom. The van der Waals surface area contributed by atoms with Crippen molar-refractivity contribution in [3.05, 3.63) is 30.1 Å². The second-order valence-corrected chi connectivity index (χ2v) is 5.65. The summed E-state index contributed by atoms with van der Waals surface area (Å²) >= 11 is 0. The largest absolute Gasteiger partial charge is 0.338 e. The van der Waals surface area contributed by atoms with Crippen LogP contribution in [0.3, 0.4) is 0 Å². The molecule has 114 valence electrons. The average molecular weight is 298 g/mol. The molecular weight excluding hydrogens is 280 g/mol. The minimum atomic E-state index is 0.189. The summed E-state index contributed by atoms with van der Waals surface area (Å²) in [6, 6.07) is 6.05. The molecule has 1 aliphatic heterocycles. The molecule has 1 saturated heterocycles. The van der Waals surface area contributed by atoms with Crippen LogP contribution in [0.5, 0.6) is 0 Å². The molecule has 4 rings (SSSR count). The minimum Gasteiger partial charge on any atom is -0.338 e. The van der Waals surface area contributed by atoms with Crippen LogP contribution < -0.4 is 16.0 Å². The Balaban J connectivity index is 1.73. The third kappa shape index (κ3) is 2.27.